The maximum absolute atomic E-state index is 12.0. The number of nitrogens with one attached hydrogen (secondary N) is 2. The quantitative estimate of drug-likeness (QED) is 0.769. The van der Waals surface area contributed by atoms with Gasteiger partial charge in [-0.15, -0.1) is 11.3 Å². The molecule has 1 aliphatic heterocycles. The molecule has 1 amide bonds. The topological polar surface area (TPSA) is 79.6 Å². The highest BCUT2D eigenvalue weighted by Crippen LogP contribution is 2.44. The van der Waals surface area contributed by atoms with Crippen LogP contribution in [0.2, 0.25) is 0 Å². The van der Waals surface area contributed by atoms with Gasteiger partial charge in [0.05, 0.1) is 7.11 Å². The number of nitrogens with two attached hydrogens (primary N) is 1. The summed E-state index contributed by atoms with van der Waals surface area (Å²) in [6.07, 6.45) is 1.07. The highest BCUT2D eigenvalue weighted by Gasteiger charge is 2.25. The Labute approximate surface area is 123 Å². The molecule has 2 heterocycles. The van der Waals surface area contributed by atoms with Crippen LogP contribution < -0.4 is 26.0 Å². The molecule has 1 aromatic rings. The van der Waals surface area contributed by atoms with Crippen molar-refractivity contribution in [1.82, 2.24) is 10.6 Å². The Morgan fingerprint density at radius 2 is 2.30 bits per heavy atom. The van der Waals surface area contributed by atoms with Gasteiger partial charge in [-0.2, -0.15) is 0 Å². The van der Waals surface area contributed by atoms with E-state index in [0.717, 1.165) is 37.6 Å². The molecule has 7 heteroatoms. The van der Waals surface area contributed by atoms with Crippen molar-refractivity contribution in [2.24, 2.45) is 0 Å². The molecule has 0 saturated carbocycles. The molecular weight excluding hydrogens is 276 g/mol. The summed E-state index contributed by atoms with van der Waals surface area (Å²) < 4.78 is 5.42. The van der Waals surface area contributed by atoms with Crippen molar-refractivity contribution in [3.63, 3.8) is 0 Å². The van der Waals surface area contributed by atoms with Crippen molar-refractivity contribution < 1.29 is 9.53 Å². The fraction of sp³-hybridized carbons (Fsp3) is 0.615. The van der Waals surface area contributed by atoms with Gasteiger partial charge in [0, 0.05) is 26.2 Å². The van der Waals surface area contributed by atoms with E-state index in [-0.39, 0.29) is 5.91 Å². The molecule has 0 radical (unpaired) electrons. The Morgan fingerprint density at radius 3 is 3.00 bits per heavy atom. The molecule has 0 atom stereocenters. The van der Waals surface area contributed by atoms with Crippen LogP contribution in [-0.4, -0.2) is 45.7 Å². The number of hydrogen-bond donors (Lipinski definition) is 3. The van der Waals surface area contributed by atoms with Crippen LogP contribution in [0.1, 0.15) is 23.0 Å². The molecule has 2 rings (SSSR count). The zero-order valence-corrected chi connectivity index (χ0v) is 12.8. The van der Waals surface area contributed by atoms with Gasteiger partial charge < -0.3 is 26.0 Å². The molecular formula is C13H22N4O2S. The molecule has 1 aromatic heterocycles. The van der Waals surface area contributed by atoms with Crippen LogP contribution in [0.3, 0.4) is 0 Å². The normalized spacial score (nSPS) is 15.8. The van der Waals surface area contributed by atoms with Crippen LogP contribution >= 0.6 is 11.3 Å². The monoisotopic (exact) mass is 298 g/mol. The largest absolute Gasteiger partial charge is 0.492 e. The number of nitrogens with zero attached hydrogens (tertiary/aromatic N) is 1. The second-order valence-corrected chi connectivity index (χ2v) is 5.63. The number of nitrogen functional groups attached to an aromatic ring is 1. The summed E-state index contributed by atoms with van der Waals surface area (Å²) in [4.78, 5) is 14.8. The average molecular weight is 298 g/mol. The summed E-state index contributed by atoms with van der Waals surface area (Å²) in [6, 6.07) is 0. The van der Waals surface area contributed by atoms with E-state index in [9.17, 15) is 4.79 Å². The number of rotatable bonds is 4. The van der Waals surface area contributed by atoms with E-state index in [4.69, 9.17) is 10.5 Å². The van der Waals surface area contributed by atoms with Crippen molar-refractivity contribution in [1.29, 1.82) is 0 Å². The van der Waals surface area contributed by atoms with Gasteiger partial charge in [0.1, 0.15) is 15.6 Å². The Kier molecular flexibility index (Phi) is 5.08. The number of thiophene rings is 1. The lowest BCUT2D eigenvalue weighted by Crippen LogP contribution is -2.27. The van der Waals surface area contributed by atoms with Crippen molar-refractivity contribution in [3.05, 3.63) is 4.88 Å². The molecule has 0 aliphatic carbocycles. The average Bonchev–Trinajstić information content (AvgIpc) is 2.63. The number of carbonyl (C=O) groups is 1. The fourth-order valence-corrected chi connectivity index (χ4v) is 3.44. The van der Waals surface area contributed by atoms with Crippen molar-refractivity contribution >= 4 is 27.9 Å². The maximum Gasteiger partial charge on any atom is 0.263 e. The fourth-order valence-electron chi connectivity index (χ4n) is 2.28. The molecule has 6 nitrogen and oxygen atoms in total. The summed E-state index contributed by atoms with van der Waals surface area (Å²) in [6.45, 7) is 6.26. The first-order valence-electron chi connectivity index (χ1n) is 6.89. The van der Waals surface area contributed by atoms with Crippen molar-refractivity contribution in [2.45, 2.75) is 13.3 Å². The van der Waals surface area contributed by atoms with Gasteiger partial charge in [-0.05, 0) is 19.9 Å². The SMILES string of the molecule is CCNC(=O)c1sc(N2CCCNCC2)c(OC)c1N. The molecule has 1 saturated heterocycles. The number of carbonyl (C=O) groups excluding carboxylic acids is 1. The minimum atomic E-state index is -0.132. The third kappa shape index (κ3) is 2.99. The van der Waals surface area contributed by atoms with E-state index < -0.39 is 0 Å². The molecule has 0 bridgehead atoms. The van der Waals surface area contributed by atoms with E-state index in [2.05, 4.69) is 15.5 Å². The summed E-state index contributed by atoms with van der Waals surface area (Å²) in [7, 11) is 1.60. The first-order valence-corrected chi connectivity index (χ1v) is 7.70. The molecule has 1 fully saturated rings. The summed E-state index contributed by atoms with van der Waals surface area (Å²) in [5.74, 6) is 0.491. The highest BCUT2D eigenvalue weighted by atomic mass is 32.1. The molecule has 4 N–H and O–H groups in total. The minimum Gasteiger partial charge on any atom is -0.492 e. The van der Waals surface area contributed by atoms with Crippen LogP contribution in [0, 0.1) is 0 Å². The van der Waals surface area contributed by atoms with Crippen molar-refractivity contribution in [3.8, 4) is 5.75 Å². The standard InChI is InChI=1S/C13H22N4O2S/c1-3-16-12(18)11-9(14)10(19-2)13(20-11)17-7-4-5-15-6-8-17/h15H,3-8,14H2,1-2H3,(H,16,18). The molecule has 20 heavy (non-hydrogen) atoms. The van der Waals surface area contributed by atoms with Gasteiger partial charge in [0.25, 0.3) is 5.91 Å². The molecule has 0 spiro atoms. The van der Waals surface area contributed by atoms with Gasteiger partial charge in [0.15, 0.2) is 5.75 Å². The lowest BCUT2D eigenvalue weighted by molar-refractivity contribution is 0.0960. The lowest BCUT2D eigenvalue weighted by atomic mass is 10.3. The zero-order valence-electron chi connectivity index (χ0n) is 12.0. The molecule has 112 valence electrons. The molecule has 0 aromatic carbocycles. The smallest absolute Gasteiger partial charge is 0.263 e. The first kappa shape index (κ1) is 14.9. The number of anilines is 2. The Bertz CT molecular complexity index is 467. The predicted octanol–water partition coefficient (Wildman–Crippen LogP) is 0.888. The van der Waals surface area contributed by atoms with E-state index in [1.807, 2.05) is 6.92 Å². The number of amides is 1. The second-order valence-electron chi connectivity index (χ2n) is 4.63. The van der Waals surface area contributed by atoms with Gasteiger partial charge in [-0.25, -0.2) is 0 Å². The van der Waals surface area contributed by atoms with Crippen LogP contribution in [0.25, 0.3) is 0 Å². The van der Waals surface area contributed by atoms with Gasteiger partial charge >= 0.3 is 0 Å². The van der Waals surface area contributed by atoms with Crippen LogP contribution in [0.5, 0.6) is 5.75 Å². The van der Waals surface area contributed by atoms with Crippen LogP contribution in [0.4, 0.5) is 10.7 Å². The Balaban J connectivity index is 2.31. The maximum atomic E-state index is 12.0. The van der Waals surface area contributed by atoms with Gasteiger partial charge in [-0.3, -0.25) is 4.79 Å². The summed E-state index contributed by atoms with van der Waals surface area (Å²) >= 11 is 1.41. The van der Waals surface area contributed by atoms with E-state index in [1.165, 1.54) is 11.3 Å². The minimum absolute atomic E-state index is 0.132. The number of hydrogen-bond acceptors (Lipinski definition) is 6. The van der Waals surface area contributed by atoms with E-state index in [1.54, 1.807) is 7.11 Å². The zero-order chi connectivity index (χ0) is 14.5. The third-order valence-electron chi connectivity index (χ3n) is 3.26. The van der Waals surface area contributed by atoms with Crippen LogP contribution in [-0.2, 0) is 0 Å². The number of ether oxygens (including phenoxy) is 1. The molecule has 1 aliphatic rings. The summed E-state index contributed by atoms with van der Waals surface area (Å²) in [5.41, 5.74) is 6.51. The van der Waals surface area contributed by atoms with Crippen LogP contribution in [0.15, 0.2) is 0 Å². The van der Waals surface area contributed by atoms with Gasteiger partial charge in [0.2, 0.25) is 0 Å². The van der Waals surface area contributed by atoms with E-state index in [0.29, 0.717) is 22.9 Å². The second kappa shape index (κ2) is 6.81. The Morgan fingerprint density at radius 1 is 1.50 bits per heavy atom. The van der Waals surface area contributed by atoms with Crippen molar-refractivity contribution in [2.75, 3.05) is 50.5 Å². The van der Waals surface area contributed by atoms with Gasteiger partial charge in [-0.1, -0.05) is 0 Å². The lowest BCUT2D eigenvalue weighted by Gasteiger charge is -2.21. The summed E-state index contributed by atoms with van der Waals surface area (Å²) in [5, 5.41) is 7.10. The molecule has 0 unspecified atom stereocenters. The Hall–Kier alpha value is -1.47. The first-order chi connectivity index (χ1) is 9.69. The third-order valence-corrected chi connectivity index (χ3v) is 4.50. The van der Waals surface area contributed by atoms with E-state index >= 15 is 0 Å². The highest BCUT2D eigenvalue weighted by molar-refractivity contribution is 7.19. The predicted molar refractivity (Wildman–Crippen MR) is 83.0 cm³/mol. The number of methoxy groups -OCH3 is 1.